The number of nitrogens with one attached hydrogen (secondary N) is 1. The number of amides is 1. The van der Waals surface area contributed by atoms with Crippen molar-refractivity contribution in [1.29, 1.82) is 0 Å². The van der Waals surface area contributed by atoms with Crippen LogP contribution >= 0.6 is 0 Å². The van der Waals surface area contributed by atoms with E-state index in [0.717, 1.165) is 11.1 Å². The monoisotopic (exact) mass is 355 g/mol. The zero-order chi connectivity index (χ0) is 18.8. The molecule has 0 aliphatic carbocycles. The molecule has 0 radical (unpaired) electrons. The predicted octanol–water partition coefficient (Wildman–Crippen LogP) is 1.19. The quantitative estimate of drug-likeness (QED) is 0.742. The average molecular weight is 355 g/mol. The van der Waals surface area contributed by atoms with Gasteiger partial charge < -0.3 is 10.1 Å². The summed E-state index contributed by atoms with van der Waals surface area (Å²) in [6, 6.07) is 5.26. The predicted molar refractivity (Wildman–Crippen MR) is 97.6 cm³/mol. The lowest BCUT2D eigenvalue weighted by Crippen LogP contribution is -2.32. The molecule has 0 saturated carbocycles. The number of methoxy groups -OCH3 is 1. The Morgan fingerprint density at radius 3 is 2.81 bits per heavy atom. The molecule has 3 rings (SSSR count). The fourth-order valence-electron chi connectivity index (χ4n) is 2.79. The standard InChI is InChI=1S/C18H21N5O3/c1-11-12(2)20-10-23(17(11)25)8-7-19-16(24)13-5-6-14-15(9-13)21-22(3)18(14)26-4/h5-6,9-10H,7-8H2,1-4H3,(H,19,24). The second-order valence-corrected chi connectivity index (χ2v) is 6.07. The maximum atomic E-state index is 12.4. The van der Waals surface area contributed by atoms with E-state index in [9.17, 15) is 9.59 Å². The maximum absolute atomic E-state index is 12.4. The lowest BCUT2D eigenvalue weighted by Gasteiger charge is -2.09. The second-order valence-electron chi connectivity index (χ2n) is 6.07. The summed E-state index contributed by atoms with van der Waals surface area (Å²) in [6.45, 7) is 4.23. The van der Waals surface area contributed by atoms with Crippen LogP contribution in [0.25, 0.3) is 10.9 Å². The van der Waals surface area contributed by atoms with Gasteiger partial charge in [0.1, 0.15) is 0 Å². The van der Waals surface area contributed by atoms with E-state index in [1.807, 2.05) is 6.07 Å². The first-order chi connectivity index (χ1) is 12.4. The molecule has 3 aromatic rings. The van der Waals surface area contributed by atoms with Crippen LogP contribution in [0.5, 0.6) is 5.88 Å². The van der Waals surface area contributed by atoms with Gasteiger partial charge in [0.05, 0.1) is 24.3 Å². The molecule has 8 nitrogen and oxygen atoms in total. The van der Waals surface area contributed by atoms with Crippen molar-refractivity contribution in [2.75, 3.05) is 13.7 Å². The van der Waals surface area contributed by atoms with Crippen LogP contribution in [0.15, 0.2) is 29.3 Å². The van der Waals surface area contributed by atoms with Gasteiger partial charge in [-0.1, -0.05) is 0 Å². The Morgan fingerprint density at radius 1 is 1.31 bits per heavy atom. The fourth-order valence-corrected chi connectivity index (χ4v) is 2.79. The minimum atomic E-state index is -0.221. The molecule has 2 heterocycles. The maximum Gasteiger partial charge on any atom is 0.256 e. The molecule has 0 fully saturated rings. The molecule has 136 valence electrons. The second kappa shape index (κ2) is 6.99. The summed E-state index contributed by atoms with van der Waals surface area (Å²) in [6.07, 6.45) is 1.50. The molecule has 0 atom stereocenters. The number of aryl methyl sites for hydroxylation is 2. The van der Waals surface area contributed by atoms with Crippen molar-refractivity contribution in [3.05, 3.63) is 51.7 Å². The van der Waals surface area contributed by atoms with Crippen LogP contribution in [-0.2, 0) is 13.6 Å². The van der Waals surface area contributed by atoms with Gasteiger partial charge in [0, 0.05) is 37.0 Å². The summed E-state index contributed by atoms with van der Waals surface area (Å²) >= 11 is 0. The Labute approximate surface area is 150 Å². The van der Waals surface area contributed by atoms with Crippen LogP contribution < -0.4 is 15.6 Å². The van der Waals surface area contributed by atoms with E-state index < -0.39 is 0 Å². The van der Waals surface area contributed by atoms with E-state index in [0.29, 0.717) is 35.6 Å². The van der Waals surface area contributed by atoms with Crippen molar-refractivity contribution >= 4 is 16.8 Å². The van der Waals surface area contributed by atoms with E-state index in [1.54, 1.807) is 44.8 Å². The molecule has 1 aromatic carbocycles. The Balaban J connectivity index is 1.70. The van der Waals surface area contributed by atoms with Crippen LogP contribution in [0, 0.1) is 13.8 Å². The summed E-state index contributed by atoms with van der Waals surface area (Å²) in [7, 11) is 3.37. The highest BCUT2D eigenvalue weighted by Crippen LogP contribution is 2.25. The van der Waals surface area contributed by atoms with Crippen LogP contribution in [0.2, 0.25) is 0 Å². The van der Waals surface area contributed by atoms with E-state index in [2.05, 4.69) is 15.4 Å². The highest BCUT2D eigenvalue weighted by molar-refractivity contribution is 5.98. The molecule has 1 N–H and O–H groups in total. The molecule has 1 amide bonds. The van der Waals surface area contributed by atoms with Crippen LogP contribution in [0.3, 0.4) is 0 Å². The minimum absolute atomic E-state index is 0.0891. The summed E-state index contributed by atoms with van der Waals surface area (Å²) in [5.41, 5.74) is 2.44. The minimum Gasteiger partial charge on any atom is -0.481 e. The van der Waals surface area contributed by atoms with Crippen molar-refractivity contribution in [3.63, 3.8) is 0 Å². The van der Waals surface area contributed by atoms with E-state index >= 15 is 0 Å². The van der Waals surface area contributed by atoms with Crippen LogP contribution in [-0.4, -0.2) is 38.9 Å². The fraction of sp³-hybridized carbons (Fsp3) is 0.333. The van der Waals surface area contributed by atoms with Crippen molar-refractivity contribution in [2.24, 2.45) is 7.05 Å². The van der Waals surface area contributed by atoms with Crippen molar-refractivity contribution in [3.8, 4) is 5.88 Å². The number of carbonyl (C=O) groups excluding carboxylic acids is 1. The van der Waals surface area contributed by atoms with Crippen LogP contribution in [0.1, 0.15) is 21.6 Å². The molecule has 26 heavy (non-hydrogen) atoms. The Hall–Kier alpha value is -3.16. The summed E-state index contributed by atoms with van der Waals surface area (Å²) in [4.78, 5) is 28.7. The molecule has 0 aliphatic rings. The lowest BCUT2D eigenvalue weighted by atomic mass is 10.1. The molecule has 0 spiro atoms. The van der Waals surface area contributed by atoms with Crippen molar-refractivity contribution in [1.82, 2.24) is 24.6 Å². The SMILES string of the molecule is COc1c2ccc(C(=O)NCCn3cnc(C)c(C)c3=O)cc2nn1C. The smallest absolute Gasteiger partial charge is 0.256 e. The molecule has 0 bridgehead atoms. The molecule has 0 saturated heterocycles. The largest absolute Gasteiger partial charge is 0.481 e. The lowest BCUT2D eigenvalue weighted by molar-refractivity contribution is 0.0952. The first kappa shape index (κ1) is 17.7. The van der Waals surface area contributed by atoms with Gasteiger partial charge in [-0.3, -0.25) is 14.2 Å². The molecular formula is C18H21N5O3. The zero-order valence-corrected chi connectivity index (χ0v) is 15.2. The third-order valence-electron chi connectivity index (χ3n) is 4.39. The van der Waals surface area contributed by atoms with E-state index in [-0.39, 0.29) is 11.5 Å². The topological polar surface area (TPSA) is 91.0 Å². The van der Waals surface area contributed by atoms with E-state index in [4.69, 9.17) is 4.74 Å². The number of nitrogens with zero attached hydrogens (tertiary/aromatic N) is 4. The number of hydrogen-bond donors (Lipinski definition) is 1. The number of rotatable bonds is 5. The number of carbonyl (C=O) groups is 1. The molecular weight excluding hydrogens is 334 g/mol. The van der Waals surface area contributed by atoms with Gasteiger partial charge in [-0.25, -0.2) is 9.67 Å². The number of ether oxygens (including phenoxy) is 1. The highest BCUT2D eigenvalue weighted by atomic mass is 16.5. The zero-order valence-electron chi connectivity index (χ0n) is 15.2. The van der Waals surface area contributed by atoms with Gasteiger partial charge in [0.2, 0.25) is 5.88 Å². The number of benzene rings is 1. The van der Waals surface area contributed by atoms with E-state index in [1.165, 1.54) is 10.9 Å². The Kier molecular flexibility index (Phi) is 4.75. The molecule has 0 aliphatic heterocycles. The third-order valence-corrected chi connectivity index (χ3v) is 4.39. The third kappa shape index (κ3) is 3.17. The van der Waals surface area contributed by atoms with Gasteiger partial charge in [-0.15, -0.1) is 0 Å². The number of aromatic nitrogens is 4. The van der Waals surface area contributed by atoms with Gasteiger partial charge in [0.15, 0.2) is 0 Å². The number of hydrogen-bond acceptors (Lipinski definition) is 5. The van der Waals surface area contributed by atoms with Gasteiger partial charge in [-0.05, 0) is 32.0 Å². The summed E-state index contributed by atoms with van der Waals surface area (Å²) in [5, 5.41) is 8.01. The normalized spacial score (nSPS) is 10.9. The average Bonchev–Trinajstić information content (AvgIpc) is 2.95. The van der Waals surface area contributed by atoms with Crippen LogP contribution in [0.4, 0.5) is 0 Å². The molecule has 8 heteroatoms. The highest BCUT2D eigenvalue weighted by Gasteiger charge is 2.13. The van der Waals surface area contributed by atoms with Gasteiger partial charge >= 0.3 is 0 Å². The Morgan fingerprint density at radius 2 is 2.08 bits per heavy atom. The van der Waals surface area contributed by atoms with Crippen molar-refractivity contribution in [2.45, 2.75) is 20.4 Å². The summed E-state index contributed by atoms with van der Waals surface area (Å²) in [5.74, 6) is 0.426. The first-order valence-corrected chi connectivity index (χ1v) is 8.24. The number of fused-ring (bicyclic) bond motifs is 1. The Bertz CT molecular complexity index is 1040. The van der Waals surface area contributed by atoms with Crippen molar-refractivity contribution < 1.29 is 9.53 Å². The molecule has 0 unspecified atom stereocenters. The first-order valence-electron chi connectivity index (χ1n) is 8.24. The summed E-state index contributed by atoms with van der Waals surface area (Å²) < 4.78 is 8.43. The molecule has 2 aromatic heterocycles. The van der Waals surface area contributed by atoms with Gasteiger partial charge in [0.25, 0.3) is 11.5 Å². The van der Waals surface area contributed by atoms with Gasteiger partial charge in [-0.2, -0.15) is 5.10 Å².